The zero-order chi connectivity index (χ0) is 23.8. The number of carbonyl (C=O) groups is 3. The molecular formula is C26H28N2O5. The topological polar surface area (TPSA) is 84.9 Å². The molecule has 1 saturated carbocycles. The zero-order valence-corrected chi connectivity index (χ0v) is 19.0. The summed E-state index contributed by atoms with van der Waals surface area (Å²) >= 11 is 0. The predicted molar refractivity (Wildman–Crippen MR) is 123 cm³/mol. The average Bonchev–Trinajstić information content (AvgIpc) is 3.51. The molecule has 7 nitrogen and oxygen atoms in total. The average molecular weight is 449 g/mol. The number of ether oxygens (including phenoxy) is 2. The van der Waals surface area contributed by atoms with Crippen LogP contribution in [0.4, 0.5) is 4.79 Å². The van der Waals surface area contributed by atoms with Crippen molar-refractivity contribution in [2.45, 2.75) is 30.8 Å². The van der Waals surface area contributed by atoms with E-state index in [2.05, 4.69) is 24.0 Å². The molecule has 0 unspecified atom stereocenters. The Morgan fingerprint density at radius 1 is 1.15 bits per heavy atom. The number of fused-ring (bicyclic) bond motifs is 3. The lowest BCUT2D eigenvalue weighted by Gasteiger charge is -2.29. The summed E-state index contributed by atoms with van der Waals surface area (Å²) in [6, 6.07) is 15.3. The van der Waals surface area contributed by atoms with Crippen LogP contribution in [0, 0.1) is 5.92 Å². The quantitative estimate of drug-likeness (QED) is 0.518. The molecule has 2 amide bonds. The second kappa shape index (κ2) is 8.73. The van der Waals surface area contributed by atoms with Gasteiger partial charge in [0.25, 0.3) is 0 Å². The van der Waals surface area contributed by atoms with E-state index < -0.39 is 29.6 Å². The minimum atomic E-state index is -1.06. The summed E-state index contributed by atoms with van der Waals surface area (Å²) in [5.74, 6) is -1.14. The van der Waals surface area contributed by atoms with E-state index in [1.54, 1.807) is 20.0 Å². The van der Waals surface area contributed by atoms with Crippen molar-refractivity contribution < 1.29 is 23.9 Å². The highest BCUT2D eigenvalue weighted by atomic mass is 16.5. The molecule has 7 heteroatoms. The summed E-state index contributed by atoms with van der Waals surface area (Å²) in [5.41, 5.74) is 3.44. The first-order valence-electron chi connectivity index (χ1n) is 10.9. The second-order valence-electron chi connectivity index (χ2n) is 8.55. The number of rotatable bonds is 7. The van der Waals surface area contributed by atoms with Crippen LogP contribution in [-0.4, -0.2) is 55.2 Å². The van der Waals surface area contributed by atoms with Gasteiger partial charge in [-0.2, -0.15) is 0 Å². The first-order valence-corrected chi connectivity index (χ1v) is 10.9. The number of alkyl carbamates (subject to hydrolysis) is 1. The van der Waals surface area contributed by atoms with Crippen molar-refractivity contribution in [1.82, 2.24) is 10.2 Å². The Hall–Kier alpha value is -3.61. The van der Waals surface area contributed by atoms with Gasteiger partial charge >= 0.3 is 12.1 Å². The maximum atomic E-state index is 12.9. The van der Waals surface area contributed by atoms with E-state index in [1.807, 2.05) is 36.4 Å². The van der Waals surface area contributed by atoms with E-state index in [4.69, 9.17) is 9.47 Å². The van der Waals surface area contributed by atoms with E-state index in [0.717, 1.165) is 22.3 Å². The largest absolute Gasteiger partial charge is 0.467 e. The molecule has 0 heterocycles. The minimum Gasteiger partial charge on any atom is -0.467 e. The van der Waals surface area contributed by atoms with Crippen LogP contribution in [0.2, 0.25) is 0 Å². The van der Waals surface area contributed by atoms with E-state index in [9.17, 15) is 14.4 Å². The third kappa shape index (κ3) is 3.77. The summed E-state index contributed by atoms with van der Waals surface area (Å²) in [6.07, 6.45) is 1.40. The van der Waals surface area contributed by atoms with Crippen LogP contribution < -0.4 is 5.32 Å². The number of carbonyl (C=O) groups excluding carboxylic acids is 3. The number of hydrogen-bond acceptors (Lipinski definition) is 5. The van der Waals surface area contributed by atoms with Crippen molar-refractivity contribution in [3.8, 4) is 11.1 Å². The smallest absolute Gasteiger partial charge is 0.407 e. The predicted octanol–water partition coefficient (Wildman–Crippen LogP) is 3.49. The molecule has 2 aliphatic carbocycles. The highest BCUT2D eigenvalue weighted by Crippen LogP contribution is 2.50. The Morgan fingerprint density at radius 3 is 2.24 bits per heavy atom. The molecule has 33 heavy (non-hydrogen) atoms. The number of methoxy groups -OCH3 is 1. The van der Waals surface area contributed by atoms with Gasteiger partial charge in [-0.15, -0.1) is 6.58 Å². The van der Waals surface area contributed by atoms with Crippen molar-refractivity contribution in [3.63, 3.8) is 0 Å². The van der Waals surface area contributed by atoms with Crippen molar-refractivity contribution in [2.24, 2.45) is 5.92 Å². The van der Waals surface area contributed by atoms with Gasteiger partial charge in [0.05, 0.1) is 7.11 Å². The summed E-state index contributed by atoms with van der Waals surface area (Å²) in [5, 5.41) is 2.59. The number of likely N-dealkylation sites (N-methyl/N-ethyl adjacent to an activating group) is 1. The van der Waals surface area contributed by atoms with Crippen LogP contribution in [0.15, 0.2) is 61.2 Å². The number of nitrogens with one attached hydrogen (secondary N) is 1. The molecule has 0 bridgehead atoms. The normalized spacial score (nSPS) is 21.2. The standard InChI is InChI=1S/C26H28N2O5/c1-5-17-14-26(17,24(30)32-4)28(3)23(29)16(2)27-25(31)33-15-22-20-12-8-6-10-18(20)19-11-7-9-13-21(19)22/h5-13,16-17,22H,1,14-15H2,2-4H3,(H,27,31)/t16-,17-,26-/m0/s1. The lowest BCUT2D eigenvalue weighted by molar-refractivity contribution is -0.154. The number of amides is 2. The van der Waals surface area contributed by atoms with Crippen LogP contribution in [0.3, 0.4) is 0 Å². The second-order valence-corrected chi connectivity index (χ2v) is 8.55. The molecule has 0 aromatic heterocycles. The van der Waals surface area contributed by atoms with Gasteiger partial charge in [0.15, 0.2) is 0 Å². The fourth-order valence-corrected chi connectivity index (χ4v) is 4.85. The van der Waals surface area contributed by atoms with Gasteiger partial charge < -0.3 is 19.7 Å². The molecule has 1 N–H and O–H groups in total. The molecule has 2 aromatic rings. The van der Waals surface area contributed by atoms with E-state index in [0.29, 0.717) is 6.42 Å². The van der Waals surface area contributed by atoms with Crippen LogP contribution in [-0.2, 0) is 19.1 Å². The van der Waals surface area contributed by atoms with Crippen LogP contribution in [0.25, 0.3) is 11.1 Å². The van der Waals surface area contributed by atoms with Gasteiger partial charge in [-0.3, -0.25) is 4.79 Å². The molecule has 4 rings (SSSR count). The molecule has 2 aliphatic rings. The maximum Gasteiger partial charge on any atom is 0.407 e. The highest BCUT2D eigenvalue weighted by Gasteiger charge is 2.64. The molecule has 0 spiro atoms. The van der Waals surface area contributed by atoms with Crippen LogP contribution >= 0.6 is 0 Å². The monoisotopic (exact) mass is 448 g/mol. The SMILES string of the molecule is C=C[C@H]1C[C@]1(C(=O)OC)N(C)C(=O)[C@H](C)NC(=O)OCC1c2ccccc2-c2ccccc21. The van der Waals surface area contributed by atoms with E-state index in [-0.39, 0.29) is 18.4 Å². The fraction of sp³-hybridized carbons (Fsp3) is 0.346. The van der Waals surface area contributed by atoms with Crippen molar-refractivity contribution in [1.29, 1.82) is 0 Å². The number of benzene rings is 2. The molecule has 172 valence electrons. The summed E-state index contributed by atoms with van der Waals surface area (Å²) < 4.78 is 10.4. The van der Waals surface area contributed by atoms with Crippen molar-refractivity contribution in [2.75, 3.05) is 20.8 Å². The summed E-state index contributed by atoms with van der Waals surface area (Å²) in [6.45, 7) is 5.45. The van der Waals surface area contributed by atoms with Gasteiger partial charge in [0.1, 0.15) is 18.2 Å². The molecular weight excluding hydrogens is 420 g/mol. The Balaban J connectivity index is 1.39. The van der Waals surface area contributed by atoms with Gasteiger partial charge in [0.2, 0.25) is 5.91 Å². The zero-order valence-electron chi connectivity index (χ0n) is 19.0. The van der Waals surface area contributed by atoms with Gasteiger partial charge in [0, 0.05) is 18.9 Å². The molecule has 1 fully saturated rings. The van der Waals surface area contributed by atoms with Gasteiger partial charge in [-0.05, 0) is 35.6 Å². The number of hydrogen-bond donors (Lipinski definition) is 1. The van der Waals surface area contributed by atoms with Crippen LogP contribution in [0.5, 0.6) is 0 Å². The van der Waals surface area contributed by atoms with Crippen LogP contribution in [0.1, 0.15) is 30.4 Å². The fourth-order valence-electron chi connectivity index (χ4n) is 4.85. The third-order valence-corrected chi connectivity index (χ3v) is 6.79. The van der Waals surface area contributed by atoms with Gasteiger partial charge in [-0.1, -0.05) is 54.6 Å². The van der Waals surface area contributed by atoms with Gasteiger partial charge in [-0.25, -0.2) is 9.59 Å². The first-order chi connectivity index (χ1) is 15.8. The summed E-state index contributed by atoms with van der Waals surface area (Å²) in [4.78, 5) is 39.2. The molecule has 0 radical (unpaired) electrons. The Kier molecular flexibility index (Phi) is 5.97. The van der Waals surface area contributed by atoms with E-state index in [1.165, 1.54) is 12.0 Å². The lowest BCUT2D eigenvalue weighted by Crippen LogP contribution is -2.53. The van der Waals surface area contributed by atoms with E-state index >= 15 is 0 Å². The molecule has 3 atom stereocenters. The molecule has 2 aromatic carbocycles. The Labute approximate surface area is 193 Å². The number of esters is 1. The summed E-state index contributed by atoms with van der Waals surface area (Å²) in [7, 11) is 2.83. The third-order valence-electron chi connectivity index (χ3n) is 6.79. The first kappa shape index (κ1) is 22.6. The Morgan fingerprint density at radius 2 is 1.73 bits per heavy atom. The molecule has 0 aliphatic heterocycles. The Bertz CT molecular complexity index is 1070. The highest BCUT2D eigenvalue weighted by molar-refractivity contribution is 5.94. The van der Waals surface area contributed by atoms with Crippen molar-refractivity contribution >= 4 is 18.0 Å². The number of nitrogens with zero attached hydrogens (tertiary/aromatic N) is 1. The van der Waals surface area contributed by atoms with Crippen molar-refractivity contribution in [3.05, 3.63) is 72.3 Å². The lowest BCUT2D eigenvalue weighted by atomic mass is 9.98. The maximum absolute atomic E-state index is 12.9. The molecule has 0 saturated heterocycles. The minimum absolute atomic E-state index is 0.0701.